The van der Waals surface area contributed by atoms with E-state index in [2.05, 4.69) is 0 Å². The standard InChI is InChI=1S/C12H17N2O4P/c1-14(2)9-12(18-19(15,16)17)11-5-3-4-10(8-11)6-7-13/h3-5,8,12H,6,9H2,1-2H3,(H2,15,16,17). The van der Waals surface area contributed by atoms with Crippen LogP contribution in [0.1, 0.15) is 17.2 Å². The van der Waals surface area contributed by atoms with Crippen molar-refractivity contribution in [1.82, 2.24) is 4.90 Å². The molecule has 7 heteroatoms. The molecular weight excluding hydrogens is 267 g/mol. The number of rotatable bonds is 6. The average Bonchev–Trinajstić information content (AvgIpc) is 2.26. The predicted octanol–water partition coefficient (Wildman–Crippen LogP) is 1.46. The average molecular weight is 284 g/mol. The topological polar surface area (TPSA) is 93.8 Å². The molecular formula is C12H17N2O4P. The van der Waals surface area contributed by atoms with Gasteiger partial charge in [-0.15, -0.1) is 0 Å². The number of hydrogen-bond donors (Lipinski definition) is 2. The molecule has 1 aromatic rings. The first-order valence-corrected chi connectivity index (χ1v) is 7.19. The first-order valence-electron chi connectivity index (χ1n) is 5.66. The molecule has 0 fully saturated rings. The zero-order valence-corrected chi connectivity index (χ0v) is 11.7. The highest BCUT2D eigenvalue weighted by Crippen LogP contribution is 2.42. The first kappa shape index (κ1) is 15.8. The number of phosphoric ester groups is 1. The van der Waals surface area contributed by atoms with Gasteiger partial charge in [-0.3, -0.25) is 4.52 Å². The van der Waals surface area contributed by atoms with Crippen molar-refractivity contribution in [3.63, 3.8) is 0 Å². The molecule has 104 valence electrons. The number of nitriles is 1. The largest absolute Gasteiger partial charge is 0.470 e. The van der Waals surface area contributed by atoms with Gasteiger partial charge in [0, 0.05) is 6.54 Å². The Morgan fingerprint density at radius 2 is 2.16 bits per heavy atom. The molecule has 0 saturated heterocycles. The van der Waals surface area contributed by atoms with Crippen molar-refractivity contribution in [3.8, 4) is 6.07 Å². The fourth-order valence-electron chi connectivity index (χ4n) is 1.69. The minimum atomic E-state index is -4.57. The molecule has 0 aliphatic carbocycles. The van der Waals surface area contributed by atoms with Gasteiger partial charge in [-0.25, -0.2) is 4.57 Å². The van der Waals surface area contributed by atoms with E-state index in [-0.39, 0.29) is 6.42 Å². The van der Waals surface area contributed by atoms with Crippen LogP contribution in [0.4, 0.5) is 0 Å². The van der Waals surface area contributed by atoms with Crippen LogP contribution in [0.3, 0.4) is 0 Å². The van der Waals surface area contributed by atoms with Gasteiger partial charge < -0.3 is 14.7 Å². The molecule has 1 unspecified atom stereocenters. The quantitative estimate of drug-likeness (QED) is 0.768. The van der Waals surface area contributed by atoms with E-state index in [1.807, 2.05) is 6.07 Å². The van der Waals surface area contributed by atoms with Crippen LogP contribution in [0.15, 0.2) is 24.3 Å². The molecule has 1 aromatic carbocycles. The summed E-state index contributed by atoms with van der Waals surface area (Å²) in [6, 6.07) is 9.02. The Morgan fingerprint density at radius 3 is 2.68 bits per heavy atom. The van der Waals surface area contributed by atoms with E-state index >= 15 is 0 Å². The van der Waals surface area contributed by atoms with E-state index in [1.165, 1.54) is 0 Å². The van der Waals surface area contributed by atoms with Crippen molar-refractivity contribution in [3.05, 3.63) is 35.4 Å². The lowest BCUT2D eigenvalue weighted by Gasteiger charge is -2.22. The summed E-state index contributed by atoms with van der Waals surface area (Å²) >= 11 is 0. The van der Waals surface area contributed by atoms with Crippen molar-refractivity contribution in [2.75, 3.05) is 20.6 Å². The summed E-state index contributed by atoms with van der Waals surface area (Å²) < 4.78 is 15.8. The number of nitrogens with zero attached hydrogens (tertiary/aromatic N) is 2. The summed E-state index contributed by atoms with van der Waals surface area (Å²) in [7, 11) is -0.992. The molecule has 0 aliphatic heterocycles. The highest BCUT2D eigenvalue weighted by atomic mass is 31.2. The molecule has 2 N–H and O–H groups in total. The van der Waals surface area contributed by atoms with Crippen LogP contribution >= 0.6 is 7.82 Å². The van der Waals surface area contributed by atoms with Gasteiger partial charge in [-0.05, 0) is 25.2 Å². The smallest absolute Gasteiger partial charge is 0.306 e. The van der Waals surface area contributed by atoms with Crippen molar-refractivity contribution in [2.45, 2.75) is 12.5 Å². The van der Waals surface area contributed by atoms with Gasteiger partial charge in [-0.1, -0.05) is 24.3 Å². The van der Waals surface area contributed by atoms with Gasteiger partial charge in [0.2, 0.25) is 0 Å². The summed E-state index contributed by atoms with van der Waals surface area (Å²) in [5, 5.41) is 8.67. The number of benzene rings is 1. The Labute approximate surface area is 112 Å². The number of likely N-dealkylation sites (N-methyl/N-ethyl adjacent to an activating group) is 1. The summed E-state index contributed by atoms with van der Waals surface area (Å²) in [4.78, 5) is 19.7. The first-order chi connectivity index (χ1) is 8.81. The molecule has 6 nitrogen and oxygen atoms in total. The van der Waals surface area contributed by atoms with Gasteiger partial charge in [0.1, 0.15) is 6.10 Å². The van der Waals surface area contributed by atoms with Gasteiger partial charge >= 0.3 is 7.82 Å². The van der Waals surface area contributed by atoms with Crippen LogP contribution in [0.5, 0.6) is 0 Å². The Kier molecular flexibility index (Phi) is 5.67. The lowest BCUT2D eigenvalue weighted by molar-refractivity contribution is 0.110. The Hall–Kier alpha value is -1.22. The second-order valence-corrected chi connectivity index (χ2v) is 5.62. The third-order valence-corrected chi connectivity index (χ3v) is 2.93. The molecule has 0 aromatic heterocycles. The maximum Gasteiger partial charge on any atom is 0.470 e. The zero-order chi connectivity index (χ0) is 14.5. The van der Waals surface area contributed by atoms with Crippen molar-refractivity contribution >= 4 is 7.82 Å². The normalized spacial score (nSPS) is 13.3. The molecule has 0 saturated carbocycles. The predicted molar refractivity (Wildman–Crippen MR) is 70.2 cm³/mol. The van der Waals surface area contributed by atoms with Crippen molar-refractivity contribution in [2.24, 2.45) is 0 Å². The minimum Gasteiger partial charge on any atom is -0.306 e. The fourth-order valence-corrected chi connectivity index (χ4v) is 2.21. The van der Waals surface area contributed by atoms with Crippen LogP contribution < -0.4 is 0 Å². The molecule has 0 amide bonds. The van der Waals surface area contributed by atoms with E-state index in [4.69, 9.17) is 19.6 Å². The Morgan fingerprint density at radius 1 is 1.47 bits per heavy atom. The van der Waals surface area contributed by atoms with E-state index in [1.54, 1.807) is 43.3 Å². The molecule has 1 rings (SSSR count). The van der Waals surface area contributed by atoms with Gasteiger partial charge in [0.15, 0.2) is 0 Å². The lowest BCUT2D eigenvalue weighted by Crippen LogP contribution is -2.21. The monoisotopic (exact) mass is 284 g/mol. The zero-order valence-electron chi connectivity index (χ0n) is 10.9. The van der Waals surface area contributed by atoms with Crippen LogP contribution in [0, 0.1) is 11.3 Å². The van der Waals surface area contributed by atoms with Crippen LogP contribution in [0.2, 0.25) is 0 Å². The molecule has 1 atom stereocenters. The van der Waals surface area contributed by atoms with Crippen LogP contribution in [-0.2, 0) is 15.5 Å². The third kappa shape index (κ3) is 5.97. The molecule has 0 bridgehead atoms. The van der Waals surface area contributed by atoms with Crippen molar-refractivity contribution < 1.29 is 18.9 Å². The molecule has 19 heavy (non-hydrogen) atoms. The van der Waals surface area contributed by atoms with Gasteiger partial charge in [0.25, 0.3) is 0 Å². The molecule has 0 spiro atoms. The second kappa shape index (κ2) is 6.80. The Balaban J connectivity index is 2.99. The number of phosphoric acid groups is 1. The van der Waals surface area contributed by atoms with Crippen LogP contribution in [-0.4, -0.2) is 35.3 Å². The van der Waals surface area contributed by atoms with Gasteiger partial charge in [0.05, 0.1) is 12.5 Å². The third-order valence-electron chi connectivity index (χ3n) is 2.40. The summed E-state index contributed by atoms with van der Waals surface area (Å²) in [6.07, 6.45) is -0.493. The summed E-state index contributed by atoms with van der Waals surface area (Å²) in [5.41, 5.74) is 1.43. The Bertz CT molecular complexity index is 507. The van der Waals surface area contributed by atoms with Gasteiger partial charge in [-0.2, -0.15) is 5.26 Å². The van der Waals surface area contributed by atoms with E-state index in [0.29, 0.717) is 12.1 Å². The van der Waals surface area contributed by atoms with E-state index < -0.39 is 13.9 Å². The lowest BCUT2D eigenvalue weighted by atomic mass is 10.0. The van der Waals surface area contributed by atoms with Crippen molar-refractivity contribution in [1.29, 1.82) is 5.26 Å². The van der Waals surface area contributed by atoms with E-state index in [0.717, 1.165) is 5.56 Å². The summed E-state index contributed by atoms with van der Waals surface area (Å²) in [5.74, 6) is 0. The van der Waals surface area contributed by atoms with E-state index in [9.17, 15) is 4.57 Å². The highest BCUT2D eigenvalue weighted by Gasteiger charge is 2.24. The molecule has 0 aliphatic rings. The molecule has 0 heterocycles. The summed E-state index contributed by atoms with van der Waals surface area (Å²) in [6.45, 7) is 0.334. The fraction of sp³-hybridized carbons (Fsp3) is 0.417. The van der Waals surface area contributed by atoms with Crippen LogP contribution in [0.25, 0.3) is 0 Å². The minimum absolute atomic E-state index is 0.248. The maximum atomic E-state index is 11.0. The highest BCUT2D eigenvalue weighted by molar-refractivity contribution is 7.46. The SMILES string of the molecule is CN(C)CC(OP(=O)(O)O)c1cccc(CC#N)c1. The maximum absolute atomic E-state index is 11.0. The second-order valence-electron chi connectivity index (χ2n) is 4.43. The number of hydrogen-bond acceptors (Lipinski definition) is 4. The molecule has 0 radical (unpaired) electrons.